The molecule has 2 aliphatic carbocycles. The minimum atomic E-state index is -0.777. The van der Waals surface area contributed by atoms with E-state index in [9.17, 15) is 9.90 Å². The molecule has 2 fully saturated rings. The summed E-state index contributed by atoms with van der Waals surface area (Å²) in [5.74, 6) is 0.0323. The summed E-state index contributed by atoms with van der Waals surface area (Å²) >= 11 is 0. The van der Waals surface area contributed by atoms with E-state index in [4.69, 9.17) is 4.74 Å². The van der Waals surface area contributed by atoms with Crippen molar-refractivity contribution in [1.82, 2.24) is 0 Å². The highest BCUT2D eigenvalue weighted by Crippen LogP contribution is 2.51. The first kappa shape index (κ1) is 9.55. The maximum Gasteiger partial charge on any atom is 0.174 e. The van der Waals surface area contributed by atoms with Crippen LogP contribution in [0.4, 0.5) is 0 Å². The van der Waals surface area contributed by atoms with E-state index < -0.39 is 11.5 Å². The Labute approximate surface area is 89.1 Å². The fourth-order valence-corrected chi connectivity index (χ4v) is 3.24. The average molecular weight is 208 g/mol. The maximum atomic E-state index is 12.0. The number of fused-ring (bicyclic) bond motifs is 2. The maximum absolute atomic E-state index is 12.0. The van der Waals surface area contributed by atoms with Crippen molar-refractivity contribution in [2.45, 2.75) is 37.9 Å². The van der Waals surface area contributed by atoms with Crippen LogP contribution >= 0.6 is 0 Å². The Morgan fingerprint density at radius 3 is 2.93 bits per heavy atom. The van der Waals surface area contributed by atoms with Gasteiger partial charge in [0.25, 0.3) is 0 Å². The van der Waals surface area contributed by atoms with Crippen LogP contribution in [0.25, 0.3) is 0 Å². The largest absolute Gasteiger partial charge is 0.385 e. The highest BCUT2D eigenvalue weighted by molar-refractivity contribution is 5.95. The molecule has 1 saturated carbocycles. The Morgan fingerprint density at radius 1 is 1.47 bits per heavy atom. The first-order chi connectivity index (χ1) is 7.24. The first-order valence-corrected chi connectivity index (χ1v) is 5.77. The smallest absolute Gasteiger partial charge is 0.174 e. The summed E-state index contributed by atoms with van der Waals surface area (Å²) in [4.78, 5) is 12.0. The molecule has 0 amide bonds. The fraction of sp³-hybridized carbons (Fsp3) is 0.750. The lowest BCUT2D eigenvalue weighted by Gasteiger charge is -2.35. The Bertz CT molecular complexity index is 317. The van der Waals surface area contributed by atoms with Crippen LogP contribution in [0.3, 0.4) is 0 Å². The number of hydrogen-bond acceptors (Lipinski definition) is 3. The molecular weight excluding hydrogens is 192 g/mol. The predicted molar refractivity (Wildman–Crippen MR) is 54.3 cm³/mol. The van der Waals surface area contributed by atoms with Crippen LogP contribution in [0.1, 0.15) is 25.7 Å². The molecule has 0 radical (unpaired) electrons. The second-order valence-electron chi connectivity index (χ2n) is 4.93. The lowest BCUT2D eigenvalue weighted by atomic mass is 9.77. The van der Waals surface area contributed by atoms with Gasteiger partial charge in [-0.1, -0.05) is 12.2 Å². The van der Waals surface area contributed by atoms with Crippen LogP contribution in [-0.4, -0.2) is 29.7 Å². The summed E-state index contributed by atoms with van der Waals surface area (Å²) in [6.45, 7) is 0.758. The van der Waals surface area contributed by atoms with Crippen LogP contribution in [-0.2, 0) is 9.53 Å². The number of ketones is 1. The summed E-state index contributed by atoms with van der Waals surface area (Å²) in [5.41, 5.74) is -0.482. The molecule has 1 N–H and O–H groups in total. The summed E-state index contributed by atoms with van der Waals surface area (Å²) in [6, 6.07) is 0. The van der Waals surface area contributed by atoms with Crippen molar-refractivity contribution in [3.8, 4) is 0 Å². The molecule has 1 saturated heterocycles. The minimum absolute atomic E-state index is 0.0112. The SMILES string of the molecule is O=C1[C@H](O)[C@H]2C=C[C@@]1([C@@H]1CCCCO1)C2. The Kier molecular flexibility index (Phi) is 2.01. The molecule has 0 aromatic rings. The third-order valence-electron chi connectivity index (χ3n) is 4.10. The molecule has 3 rings (SSSR count). The second kappa shape index (κ2) is 3.16. The number of rotatable bonds is 1. The van der Waals surface area contributed by atoms with Crippen molar-refractivity contribution >= 4 is 5.78 Å². The lowest BCUT2D eigenvalue weighted by molar-refractivity contribution is -0.140. The van der Waals surface area contributed by atoms with Gasteiger partial charge in [0, 0.05) is 12.5 Å². The molecule has 0 unspecified atom stereocenters. The highest BCUT2D eigenvalue weighted by atomic mass is 16.5. The van der Waals surface area contributed by atoms with E-state index in [-0.39, 0.29) is 17.8 Å². The van der Waals surface area contributed by atoms with Gasteiger partial charge in [-0.05, 0) is 25.7 Å². The molecule has 0 aromatic carbocycles. The molecule has 4 atom stereocenters. The summed E-state index contributed by atoms with van der Waals surface area (Å²) in [6.07, 6.45) is 7.16. The van der Waals surface area contributed by atoms with Crippen molar-refractivity contribution in [2.24, 2.45) is 11.3 Å². The predicted octanol–water partition coefficient (Wildman–Crippen LogP) is 1.06. The van der Waals surface area contributed by atoms with Crippen LogP contribution in [0.5, 0.6) is 0 Å². The van der Waals surface area contributed by atoms with Gasteiger partial charge in [-0.3, -0.25) is 4.79 Å². The van der Waals surface area contributed by atoms with E-state index in [1.165, 1.54) is 0 Å². The van der Waals surface area contributed by atoms with Gasteiger partial charge in [-0.15, -0.1) is 0 Å². The molecule has 1 aliphatic heterocycles. The standard InChI is InChI=1S/C12H16O3/c13-10-8-4-5-12(7-8,11(10)14)9-3-1-2-6-15-9/h4-5,8-10,13H,1-3,6-7H2/t8-,9-,10+,12-/m0/s1. The zero-order chi connectivity index (χ0) is 10.5. The highest BCUT2D eigenvalue weighted by Gasteiger charge is 2.58. The average Bonchev–Trinajstić information content (AvgIpc) is 2.82. The number of aliphatic hydroxyl groups is 1. The number of hydrogen-bond donors (Lipinski definition) is 1. The molecule has 82 valence electrons. The van der Waals surface area contributed by atoms with E-state index in [0.29, 0.717) is 0 Å². The minimum Gasteiger partial charge on any atom is -0.385 e. The molecule has 3 aliphatic rings. The van der Waals surface area contributed by atoms with E-state index in [0.717, 1.165) is 32.3 Å². The van der Waals surface area contributed by atoms with Gasteiger partial charge >= 0.3 is 0 Å². The van der Waals surface area contributed by atoms with Gasteiger partial charge in [0.05, 0.1) is 11.5 Å². The number of ether oxygens (including phenoxy) is 1. The lowest BCUT2D eigenvalue weighted by Crippen LogP contribution is -2.43. The van der Waals surface area contributed by atoms with Crippen LogP contribution < -0.4 is 0 Å². The molecular formula is C12H16O3. The number of carbonyl (C=O) groups excluding carboxylic acids is 1. The number of Topliss-reactive ketones (excluding diaryl/α,β-unsaturated/α-hetero) is 1. The second-order valence-corrected chi connectivity index (χ2v) is 4.93. The molecule has 3 heteroatoms. The van der Waals surface area contributed by atoms with Crippen molar-refractivity contribution < 1.29 is 14.6 Å². The van der Waals surface area contributed by atoms with Gasteiger partial charge < -0.3 is 9.84 Å². The molecule has 1 heterocycles. The van der Waals surface area contributed by atoms with Crippen LogP contribution in [0, 0.1) is 11.3 Å². The molecule has 0 spiro atoms. The summed E-state index contributed by atoms with van der Waals surface area (Å²) < 4.78 is 5.72. The van der Waals surface area contributed by atoms with Gasteiger partial charge in [0.15, 0.2) is 5.78 Å². The zero-order valence-corrected chi connectivity index (χ0v) is 8.69. The number of aliphatic hydroxyl groups excluding tert-OH is 1. The van der Waals surface area contributed by atoms with Crippen molar-refractivity contribution in [3.63, 3.8) is 0 Å². The Balaban J connectivity index is 1.90. The zero-order valence-electron chi connectivity index (χ0n) is 8.69. The molecule has 3 nitrogen and oxygen atoms in total. The van der Waals surface area contributed by atoms with Crippen LogP contribution in [0.15, 0.2) is 12.2 Å². The Hall–Kier alpha value is -0.670. The van der Waals surface area contributed by atoms with E-state index in [2.05, 4.69) is 0 Å². The quantitative estimate of drug-likeness (QED) is 0.655. The fourth-order valence-electron chi connectivity index (χ4n) is 3.24. The van der Waals surface area contributed by atoms with E-state index >= 15 is 0 Å². The summed E-state index contributed by atoms with van der Waals surface area (Å²) in [5, 5.41) is 9.73. The monoisotopic (exact) mass is 208 g/mol. The van der Waals surface area contributed by atoms with Crippen LogP contribution in [0.2, 0.25) is 0 Å². The van der Waals surface area contributed by atoms with E-state index in [1.807, 2.05) is 12.2 Å². The van der Waals surface area contributed by atoms with Gasteiger partial charge in [0.1, 0.15) is 6.10 Å². The summed E-state index contributed by atoms with van der Waals surface area (Å²) in [7, 11) is 0. The molecule has 0 aromatic heterocycles. The molecule has 15 heavy (non-hydrogen) atoms. The topological polar surface area (TPSA) is 46.5 Å². The number of carbonyl (C=O) groups is 1. The normalized spacial score (nSPS) is 48.9. The third kappa shape index (κ3) is 1.16. The Morgan fingerprint density at radius 2 is 2.33 bits per heavy atom. The van der Waals surface area contributed by atoms with Gasteiger partial charge in [-0.2, -0.15) is 0 Å². The van der Waals surface area contributed by atoms with Crippen molar-refractivity contribution in [2.75, 3.05) is 6.61 Å². The third-order valence-corrected chi connectivity index (χ3v) is 4.10. The van der Waals surface area contributed by atoms with Gasteiger partial charge in [0.2, 0.25) is 0 Å². The molecule has 2 bridgehead atoms. The first-order valence-electron chi connectivity index (χ1n) is 5.77. The van der Waals surface area contributed by atoms with Crippen molar-refractivity contribution in [3.05, 3.63) is 12.2 Å². The van der Waals surface area contributed by atoms with E-state index in [1.54, 1.807) is 0 Å². The van der Waals surface area contributed by atoms with Crippen molar-refractivity contribution in [1.29, 1.82) is 0 Å². The van der Waals surface area contributed by atoms with Gasteiger partial charge in [-0.25, -0.2) is 0 Å².